The van der Waals surface area contributed by atoms with E-state index in [1.54, 1.807) is 0 Å². The number of nitrogens with zero attached hydrogens (tertiary/aromatic N) is 4. The van der Waals surface area contributed by atoms with Crippen molar-refractivity contribution in [3.8, 4) is 51.0 Å². The first-order valence-electron chi connectivity index (χ1n) is 16.7. The van der Waals surface area contributed by atoms with Crippen molar-refractivity contribution in [3.63, 3.8) is 0 Å². The van der Waals surface area contributed by atoms with Crippen LogP contribution in [0.25, 0.3) is 93.0 Å². The van der Waals surface area contributed by atoms with E-state index < -0.39 is 0 Å². The van der Waals surface area contributed by atoms with Gasteiger partial charge in [-0.05, 0) is 54.1 Å². The van der Waals surface area contributed by atoms with Gasteiger partial charge in [-0.1, -0.05) is 121 Å². The lowest BCUT2D eigenvalue weighted by atomic mass is 9.99. The lowest BCUT2D eigenvalue weighted by Gasteiger charge is -2.12. The summed E-state index contributed by atoms with van der Waals surface area (Å²) < 4.78 is 4.89. The van der Waals surface area contributed by atoms with Crippen molar-refractivity contribution < 1.29 is 0 Å². The second-order valence-electron chi connectivity index (χ2n) is 12.5. The predicted octanol–water partition coefficient (Wildman–Crippen LogP) is 12.0. The van der Waals surface area contributed by atoms with E-state index in [4.69, 9.17) is 15.0 Å². The van der Waals surface area contributed by atoms with Gasteiger partial charge in [0.15, 0.2) is 17.5 Å². The summed E-state index contributed by atoms with van der Waals surface area (Å²) in [5, 5.41) is 4.92. The van der Waals surface area contributed by atoms with E-state index in [0.29, 0.717) is 17.5 Å². The highest BCUT2D eigenvalue weighted by Crippen LogP contribution is 2.42. The number of benzene rings is 7. The Morgan fingerprint density at radius 3 is 1.56 bits per heavy atom. The summed E-state index contributed by atoms with van der Waals surface area (Å²) in [6.07, 6.45) is 0. The Morgan fingerprint density at radius 2 is 0.900 bits per heavy atom. The van der Waals surface area contributed by atoms with Gasteiger partial charge >= 0.3 is 0 Å². The van der Waals surface area contributed by atoms with Crippen molar-refractivity contribution in [2.75, 3.05) is 0 Å². The number of fused-ring (bicyclic) bond motifs is 6. The highest BCUT2D eigenvalue weighted by atomic mass is 32.1. The molecule has 7 aromatic carbocycles. The van der Waals surface area contributed by atoms with Gasteiger partial charge in [0.2, 0.25) is 0 Å². The number of rotatable bonds is 5. The number of para-hydroxylation sites is 3. The number of aromatic nitrogens is 4. The second kappa shape index (κ2) is 11.6. The van der Waals surface area contributed by atoms with Crippen LogP contribution in [0, 0.1) is 0 Å². The third-order valence-corrected chi connectivity index (χ3v) is 10.6. The molecule has 3 heterocycles. The summed E-state index contributed by atoms with van der Waals surface area (Å²) in [5.74, 6) is 1.98. The van der Waals surface area contributed by atoms with Gasteiger partial charge in [0, 0.05) is 58.9 Å². The predicted molar refractivity (Wildman–Crippen MR) is 209 cm³/mol. The highest BCUT2D eigenvalue weighted by Gasteiger charge is 2.18. The van der Waals surface area contributed by atoms with Crippen LogP contribution in [0.15, 0.2) is 170 Å². The summed E-state index contributed by atoms with van der Waals surface area (Å²) in [4.78, 5) is 14.9. The fraction of sp³-hybridized carbons (Fsp3) is 0. The maximum Gasteiger partial charge on any atom is 0.164 e. The molecule has 0 saturated heterocycles. The Balaban J connectivity index is 1.17. The van der Waals surface area contributed by atoms with Crippen molar-refractivity contribution >= 4 is 53.3 Å². The lowest BCUT2D eigenvalue weighted by molar-refractivity contribution is 1.07. The smallest absolute Gasteiger partial charge is 0.164 e. The first-order valence-corrected chi connectivity index (χ1v) is 17.5. The normalized spacial score (nSPS) is 11.6. The standard InChI is InChI=1S/C45H28N4S/c1-4-13-29(14-5-1)43-46-44(30-15-6-2-7-16-30)48-45(47-43)32-24-26-41-38(28-32)37-27-31(23-25-40(37)50-41)34-20-12-21-36-35-19-10-11-22-39(35)49(42(34)36)33-17-8-3-9-18-33/h1-28H. The van der Waals surface area contributed by atoms with Crippen LogP contribution < -0.4 is 0 Å². The Labute approximate surface area is 292 Å². The van der Waals surface area contributed by atoms with Crippen LogP contribution >= 0.6 is 11.3 Å². The van der Waals surface area contributed by atoms with E-state index in [2.05, 4.69) is 114 Å². The zero-order valence-corrected chi connectivity index (χ0v) is 27.7. The molecule has 0 N–H and O–H groups in total. The second-order valence-corrected chi connectivity index (χ2v) is 13.5. The first-order chi connectivity index (χ1) is 24.8. The molecule has 0 bridgehead atoms. The molecule has 0 atom stereocenters. The van der Waals surface area contributed by atoms with Crippen molar-refractivity contribution in [2.24, 2.45) is 0 Å². The van der Waals surface area contributed by atoms with Crippen LogP contribution in [0.1, 0.15) is 0 Å². The molecule has 0 aliphatic carbocycles. The first kappa shape index (κ1) is 28.6. The van der Waals surface area contributed by atoms with E-state index in [9.17, 15) is 0 Å². The maximum absolute atomic E-state index is 5.01. The molecule has 10 rings (SSSR count). The maximum atomic E-state index is 5.01. The van der Waals surface area contributed by atoms with Gasteiger partial charge in [-0.15, -0.1) is 11.3 Å². The minimum absolute atomic E-state index is 0.659. The molecule has 0 unspecified atom stereocenters. The SMILES string of the molecule is c1ccc(-c2nc(-c3ccccc3)nc(-c3ccc4sc5ccc(-c6cccc7c8ccccc8n(-c8ccccc8)c67)cc5c4c3)n2)cc1. The molecule has 10 aromatic rings. The van der Waals surface area contributed by atoms with E-state index in [0.717, 1.165) is 22.4 Å². The molecular weight excluding hydrogens is 629 g/mol. The van der Waals surface area contributed by atoms with Crippen molar-refractivity contribution in [1.82, 2.24) is 19.5 Å². The van der Waals surface area contributed by atoms with Gasteiger partial charge in [0.05, 0.1) is 11.0 Å². The van der Waals surface area contributed by atoms with Crippen molar-refractivity contribution in [1.29, 1.82) is 0 Å². The average Bonchev–Trinajstić information content (AvgIpc) is 3.74. The van der Waals surface area contributed by atoms with Crippen LogP contribution in [0.4, 0.5) is 0 Å². The molecular formula is C45H28N4S. The highest BCUT2D eigenvalue weighted by molar-refractivity contribution is 7.25. The largest absolute Gasteiger partial charge is 0.309 e. The number of thiophene rings is 1. The van der Waals surface area contributed by atoms with Gasteiger partial charge in [0.1, 0.15) is 0 Å². The van der Waals surface area contributed by atoms with Gasteiger partial charge in [-0.3, -0.25) is 0 Å². The molecule has 0 aliphatic rings. The molecule has 0 aliphatic heterocycles. The molecule has 5 heteroatoms. The van der Waals surface area contributed by atoms with Crippen LogP contribution in [0.5, 0.6) is 0 Å². The molecule has 0 fully saturated rings. The Kier molecular flexibility index (Phi) is 6.64. The Morgan fingerprint density at radius 1 is 0.380 bits per heavy atom. The summed E-state index contributed by atoms with van der Waals surface area (Å²) in [7, 11) is 0. The fourth-order valence-electron chi connectivity index (χ4n) is 7.12. The van der Waals surface area contributed by atoms with Crippen LogP contribution in [0.2, 0.25) is 0 Å². The van der Waals surface area contributed by atoms with Gasteiger partial charge in [-0.2, -0.15) is 0 Å². The number of hydrogen-bond acceptors (Lipinski definition) is 4. The Hall–Kier alpha value is -6.43. The van der Waals surface area contributed by atoms with E-state index in [1.165, 1.54) is 53.1 Å². The summed E-state index contributed by atoms with van der Waals surface area (Å²) in [5.41, 5.74) is 8.85. The molecule has 0 radical (unpaired) electrons. The minimum atomic E-state index is 0.659. The minimum Gasteiger partial charge on any atom is -0.309 e. The van der Waals surface area contributed by atoms with Gasteiger partial charge < -0.3 is 4.57 Å². The van der Waals surface area contributed by atoms with Crippen LogP contribution in [-0.4, -0.2) is 19.5 Å². The van der Waals surface area contributed by atoms with Crippen molar-refractivity contribution in [2.45, 2.75) is 0 Å². The molecule has 4 nitrogen and oxygen atoms in total. The Bertz CT molecular complexity index is 2800. The van der Waals surface area contributed by atoms with Crippen LogP contribution in [-0.2, 0) is 0 Å². The molecule has 0 spiro atoms. The molecule has 50 heavy (non-hydrogen) atoms. The monoisotopic (exact) mass is 656 g/mol. The van der Waals surface area contributed by atoms with E-state index in [-0.39, 0.29) is 0 Å². The molecule has 234 valence electrons. The zero-order valence-electron chi connectivity index (χ0n) is 26.9. The summed E-state index contributed by atoms with van der Waals surface area (Å²) >= 11 is 1.82. The molecule has 0 saturated carbocycles. The number of hydrogen-bond donors (Lipinski definition) is 0. The molecule has 3 aromatic heterocycles. The van der Waals surface area contributed by atoms with Gasteiger partial charge in [0.25, 0.3) is 0 Å². The molecule has 0 amide bonds. The fourth-order valence-corrected chi connectivity index (χ4v) is 8.19. The lowest BCUT2D eigenvalue weighted by Crippen LogP contribution is -2.00. The third-order valence-electron chi connectivity index (χ3n) is 9.45. The quantitative estimate of drug-likeness (QED) is 0.185. The van der Waals surface area contributed by atoms with E-state index in [1.807, 2.05) is 72.0 Å². The van der Waals surface area contributed by atoms with Gasteiger partial charge in [-0.25, -0.2) is 15.0 Å². The summed E-state index contributed by atoms with van der Waals surface area (Å²) in [6, 6.07) is 59.8. The average molecular weight is 657 g/mol. The summed E-state index contributed by atoms with van der Waals surface area (Å²) in [6.45, 7) is 0. The zero-order chi connectivity index (χ0) is 33.0. The van der Waals surface area contributed by atoms with E-state index >= 15 is 0 Å². The van der Waals surface area contributed by atoms with Crippen LogP contribution in [0.3, 0.4) is 0 Å². The third kappa shape index (κ3) is 4.71. The van der Waals surface area contributed by atoms with Crippen molar-refractivity contribution in [3.05, 3.63) is 170 Å². The topological polar surface area (TPSA) is 43.6 Å².